The average molecular weight is 320 g/mol. The van der Waals surface area contributed by atoms with E-state index in [-0.39, 0.29) is 13.0 Å². The van der Waals surface area contributed by atoms with Crippen molar-refractivity contribution < 1.29 is 24.2 Å². The molecule has 7 nitrogen and oxygen atoms in total. The predicted molar refractivity (Wildman–Crippen MR) is 82.9 cm³/mol. The lowest BCUT2D eigenvalue weighted by Gasteiger charge is -2.17. The standard InChI is InChI=1S/C16H20N2O5/c1-2-23-13(19)10-6-9-12(15(17)21)18-16(22)14(20)11-7-4-3-5-8-11/h3-8,10,12,14,20H,2,9H2,1H3,(H2,17,21)(H,18,22)/b10-6+/t12-,14-/m0/s1. The number of aliphatic hydroxyl groups is 1. The van der Waals surface area contributed by atoms with Crippen LogP contribution in [0.1, 0.15) is 25.0 Å². The van der Waals surface area contributed by atoms with Gasteiger partial charge in [-0.3, -0.25) is 9.59 Å². The van der Waals surface area contributed by atoms with Gasteiger partial charge in [0.15, 0.2) is 6.10 Å². The maximum absolute atomic E-state index is 12.0. The van der Waals surface area contributed by atoms with Gasteiger partial charge in [0.2, 0.25) is 5.91 Å². The van der Waals surface area contributed by atoms with E-state index >= 15 is 0 Å². The van der Waals surface area contributed by atoms with Crippen molar-refractivity contribution in [2.75, 3.05) is 6.61 Å². The Labute approximate surface area is 134 Å². The molecule has 0 aliphatic rings. The molecule has 7 heteroatoms. The van der Waals surface area contributed by atoms with Crippen molar-refractivity contribution >= 4 is 17.8 Å². The lowest BCUT2D eigenvalue weighted by Crippen LogP contribution is -2.45. The summed E-state index contributed by atoms with van der Waals surface area (Å²) in [6, 6.07) is 7.25. The van der Waals surface area contributed by atoms with Gasteiger partial charge in [-0.15, -0.1) is 0 Å². The molecule has 2 amide bonds. The van der Waals surface area contributed by atoms with E-state index in [0.717, 1.165) is 6.08 Å². The van der Waals surface area contributed by atoms with Crippen LogP contribution < -0.4 is 11.1 Å². The molecule has 124 valence electrons. The zero-order valence-electron chi connectivity index (χ0n) is 12.8. The van der Waals surface area contributed by atoms with Crippen molar-refractivity contribution in [2.24, 2.45) is 5.73 Å². The highest BCUT2D eigenvalue weighted by molar-refractivity contribution is 5.89. The van der Waals surface area contributed by atoms with Gasteiger partial charge in [0.25, 0.3) is 5.91 Å². The Morgan fingerprint density at radius 3 is 2.52 bits per heavy atom. The number of carbonyl (C=O) groups is 3. The van der Waals surface area contributed by atoms with E-state index in [1.54, 1.807) is 37.3 Å². The van der Waals surface area contributed by atoms with Crippen LogP contribution >= 0.6 is 0 Å². The van der Waals surface area contributed by atoms with E-state index in [1.165, 1.54) is 6.08 Å². The molecule has 1 aromatic rings. The third kappa shape index (κ3) is 6.31. The highest BCUT2D eigenvalue weighted by atomic mass is 16.5. The number of hydrogen-bond donors (Lipinski definition) is 3. The quantitative estimate of drug-likeness (QED) is 0.467. The Bertz CT molecular complexity index is 571. The lowest BCUT2D eigenvalue weighted by molar-refractivity contribution is -0.137. The van der Waals surface area contributed by atoms with Gasteiger partial charge in [0, 0.05) is 6.08 Å². The normalized spacial score (nSPS) is 13.3. The largest absolute Gasteiger partial charge is 0.463 e. The minimum Gasteiger partial charge on any atom is -0.463 e. The van der Waals surface area contributed by atoms with Gasteiger partial charge >= 0.3 is 5.97 Å². The number of rotatable bonds is 8. The highest BCUT2D eigenvalue weighted by Crippen LogP contribution is 2.12. The fourth-order valence-corrected chi connectivity index (χ4v) is 1.77. The average Bonchev–Trinajstić information content (AvgIpc) is 2.54. The fourth-order valence-electron chi connectivity index (χ4n) is 1.77. The number of carbonyl (C=O) groups excluding carboxylic acids is 3. The van der Waals surface area contributed by atoms with Gasteiger partial charge in [-0.1, -0.05) is 36.4 Å². The van der Waals surface area contributed by atoms with Crippen LogP contribution in [0.4, 0.5) is 0 Å². The van der Waals surface area contributed by atoms with Crippen LogP contribution in [0.2, 0.25) is 0 Å². The topological polar surface area (TPSA) is 119 Å². The van der Waals surface area contributed by atoms with E-state index in [2.05, 4.69) is 5.32 Å². The SMILES string of the molecule is CCOC(=O)/C=C/C[C@H](NC(=O)[C@@H](O)c1ccccc1)C(N)=O. The second kappa shape index (κ2) is 9.37. The summed E-state index contributed by atoms with van der Waals surface area (Å²) in [6.45, 7) is 1.91. The number of amides is 2. The zero-order valence-corrected chi connectivity index (χ0v) is 12.8. The Hall–Kier alpha value is -2.67. The third-order valence-electron chi connectivity index (χ3n) is 2.94. The molecule has 0 fully saturated rings. The number of primary amides is 1. The Kier molecular flexibility index (Phi) is 7.49. The molecule has 0 saturated carbocycles. The Morgan fingerprint density at radius 1 is 1.30 bits per heavy atom. The first-order valence-corrected chi connectivity index (χ1v) is 7.11. The lowest BCUT2D eigenvalue weighted by atomic mass is 10.1. The summed E-state index contributed by atoms with van der Waals surface area (Å²) in [5, 5.41) is 12.3. The summed E-state index contributed by atoms with van der Waals surface area (Å²) in [6.07, 6.45) is 1.13. The number of nitrogens with one attached hydrogen (secondary N) is 1. The van der Waals surface area contributed by atoms with E-state index in [4.69, 9.17) is 10.5 Å². The molecule has 4 N–H and O–H groups in total. The van der Waals surface area contributed by atoms with Crippen LogP contribution in [0, 0.1) is 0 Å². The van der Waals surface area contributed by atoms with Crippen LogP contribution in [-0.4, -0.2) is 35.5 Å². The molecule has 0 aliphatic carbocycles. The van der Waals surface area contributed by atoms with Crippen molar-refractivity contribution in [2.45, 2.75) is 25.5 Å². The fraction of sp³-hybridized carbons (Fsp3) is 0.312. The smallest absolute Gasteiger partial charge is 0.330 e. The van der Waals surface area contributed by atoms with Crippen molar-refractivity contribution in [1.82, 2.24) is 5.32 Å². The van der Waals surface area contributed by atoms with Gasteiger partial charge in [-0.25, -0.2) is 4.79 Å². The maximum atomic E-state index is 12.0. The van der Waals surface area contributed by atoms with Crippen molar-refractivity contribution in [1.29, 1.82) is 0 Å². The first-order valence-electron chi connectivity index (χ1n) is 7.11. The van der Waals surface area contributed by atoms with Gasteiger partial charge in [0.05, 0.1) is 6.61 Å². The highest BCUT2D eigenvalue weighted by Gasteiger charge is 2.22. The monoisotopic (exact) mass is 320 g/mol. The molecule has 1 aromatic carbocycles. The minimum atomic E-state index is -1.41. The molecule has 0 saturated heterocycles. The van der Waals surface area contributed by atoms with E-state index in [9.17, 15) is 19.5 Å². The molecule has 0 bridgehead atoms. The van der Waals surface area contributed by atoms with Crippen molar-refractivity contribution in [3.05, 3.63) is 48.0 Å². The summed E-state index contributed by atoms with van der Waals surface area (Å²) in [7, 11) is 0. The molecule has 0 aliphatic heterocycles. The van der Waals surface area contributed by atoms with Crippen LogP contribution in [0.25, 0.3) is 0 Å². The van der Waals surface area contributed by atoms with Gasteiger partial charge in [-0.05, 0) is 18.9 Å². The van der Waals surface area contributed by atoms with E-state index in [0.29, 0.717) is 5.56 Å². The molecular weight excluding hydrogens is 300 g/mol. The van der Waals surface area contributed by atoms with Crippen molar-refractivity contribution in [3.8, 4) is 0 Å². The Morgan fingerprint density at radius 2 is 1.96 bits per heavy atom. The van der Waals surface area contributed by atoms with Crippen LogP contribution in [0.3, 0.4) is 0 Å². The summed E-state index contributed by atoms with van der Waals surface area (Å²) < 4.78 is 4.69. The number of benzene rings is 1. The zero-order chi connectivity index (χ0) is 17.2. The molecule has 0 radical (unpaired) electrons. The molecule has 0 unspecified atom stereocenters. The first kappa shape index (κ1) is 18.4. The summed E-state index contributed by atoms with van der Waals surface area (Å²) in [5.41, 5.74) is 5.61. The molecule has 23 heavy (non-hydrogen) atoms. The second-order valence-electron chi connectivity index (χ2n) is 4.67. The summed E-state index contributed by atoms with van der Waals surface area (Å²) in [5.74, 6) is -2.07. The van der Waals surface area contributed by atoms with Gasteiger partial charge < -0.3 is 20.9 Å². The number of aliphatic hydroxyl groups excluding tert-OH is 1. The minimum absolute atomic E-state index is 0.0153. The number of nitrogens with two attached hydrogens (primary N) is 1. The number of esters is 1. The molecule has 2 atom stereocenters. The van der Waals surface area contributed by atoms with Gasteiger partial charge in [0.1, 0.15) is 6.04 Å². The molecule has 0 aromatic heterocycles. The van der Waals surface area contributed by atoms with E-state index in [1.807, 2.05) is 0 Å². The summed E-state index contributed by atoms with van der Waals surface area (Å²) >= 11 is 0. The molecule has 0 heterocycles. The predicted octanol–water partition coefficient (Wildman–Crippen LogP) is 0.199. The van der Waals surface area contributed by atoms with Gasteiger partial charge in [-0.2, -0.15) is 0 Å². The van der Waals surface area contributed by atoms with Crippen molar-refractivity contribution in [3.63, 3.8) is 0 Å². The molecular formula is C16H20N2O5. The second-order valence-corrected chi connectivity index (χ2v) is 4.67. The Balaban J connectivity index is 2.63. The first-order chi connectivity index (χ1) is 11.0. The van der Waals surface area contributed by atoms with E-state index < -0.39 is 29.9 Å². The molecule has 0 spiro atoms. The number of hydrogen-bond acceptors (Lipinski definition) is 5. The summed E-state index contributed by atoms with van der Waals surface area (Å²) in [4.78, 5) is 34.5. The van der Waals surface area contributed by atoms with Crippen LogP contribution in [0.5, 0.6) is 0 Å². The molecule has 1 rings (SSSR count). The van der Waals surface area contributed by atoms with Crippen LogP contribution in [-0.2, 0) is 19.1 Å². The number of ether oxygens (including phenoxy) is 1. The maximum Gasteiger partial charge on any atom is 0.330 e. The third-order valence-corrected chi connectivity index (χ3v) is 2.94. The van der Waals surface area contributed by atoms with Crippen LogP contribution in [0.15, 0.2) is 42.5 Å².